The second-order valence-corrected chi connectivity index (χ2v) is 12.3. The van der Waals surface area contributed by atoms with Crippen molar-refractivity contribution < 1.29 is 34.3 Å². The molecule has 0 spiro atoms. The number of hydrogen-bond donors (Lipinski definition) is 3. The van der Waals surface area contributed by atoms with Crippen LogP contribution in [0.4, 0.5) is 0 Å². The Morgan fingerprint density at radius 3 is 2.40 bits per heavy atom. The Labute approximate surface area is 254 Å². The number of aromatic hydroxyl groups is 2. The molecule has 3 aromatic rings. The van der Waals surface area contributed by atoms with Crippen LogP contribution in [0.5, 0.6) is 34.5 Å². The molecule has 6 rings (SSSR count). The first-order valence-electron chi connectivity index (χ1n) is 15.9. The highest BCUT2D eigenvalue weighted by Gasteiger charge is 2.42. The molecule has 0 bridgehead atoms. The lowest BCUT2D eigenvalue weighted by Gasteiger charge is -2.40. The minimum atomic E-state index is -0.820. The molecule has 0 saturated heterocycles. The highest BCUT2D eigenvalue weighted by atomic mass is 16.5. The van der Waals surface area contributed by atoms with Gasteiger partial charge in [-0.2, -0.15) is 0 Å². The van der Waals surface area contributed by atoms with Gasteiger partial charge >= 0.3 is 0 Å². The lowest BCUT2D eigenvalue weighted by molar-refractivity contribution is -0.00362. The number of rotatable bonds is 9. The lowest BCUT2D eigenvalue weighted by Crippen LogP contribution is -2.36. The van der Waals surface area contributed by atoms with Crippen LogP contribution in [0.3, 0.4) is 0 Å². The second-order valence-electron chi connectivity index (χ2n) is 12.3. The van der Waals surface area contributed by atoms with E-state index < -0.39 is 12.2 Å². The number of aliphatic hydroxyl groups is 1. The van der Waals surface area contributed by atoms with Crippen LogP contribution in [0.25, 0.3) is 11.1 Å². The average molecular weight is 589 g/mol. The first-order valence-corrected chi connectivity index (χ1v) is 15.9. The predicted molar refractivity (Wildman–Crippen MR) is 166 cm³/mol. The smallest absolute Gasteiger partial charge is 0.200 e. The third-order valence-electron chi connectivity index (χ3n) is 9.55. The zero-order valence-corrected chi connectivity index (χ0v) is 25.5. The molecule has 1 saturated carbocycles. The molecule has 1 aliphatic heterocycles. The Kier molecular flexibility index (Phi) is 8.62. The maximum Gasteiger partial charge on any atom is 0.200 e. The van der Waals surface area contributed by atoms with E-state index in [2.05, 4.69) is 6.92 Å². The van der Waals surface area contributed by atoms with Crippen molar-refractivity contribution in [2.75, 3.05) is 14.2 Å². The molecule has 0 unspecified atom stereocenters. The molecule has 1 heterocycles. The van der Waals surface area contributed by atoms with Crippen LogP contribution in [0, 0.1) is 0 Å². The van der Waals surface area contributed by atoms with Gasteiger partial charge in [0.1, 0.15) is 23.4 Å². The van der Waals surface area contributed by atoms with Gasteiger partial charge in [-0.05, 0) is 85.9 Å². The Morgan fingerprint density at radius 2 is 1.65 bits per heavy atom. The summed E-state index contributed by atoms with van der Waals surface area (Å²) in [6.45, 7) is 2.19. The molecular weight excluding hydrogens is 544 g/mol. The zero-order valence-electron chi connectivity index (χ0n) is 25.5. The van der Waals surface area contributed by atoms with Gasteiger partial charge in [-0.3, -0.25) is 0 Å². The highest BCUT2D eigenvalue weighted by molar-refractivity contribution is 5.82. The molecule has 3 aromatic carbocycles. The number of unbranched alkanes of at least 4 members (excludes halogenated alkanes) is 2. The number of benzene rings is 3. The van der Waals surface area contributed by atoms with Crippen LogP contribution < -0.4 is 18.9 Å². The average Bonchev–Trinajstić information content (AvgIpc) is 3.02. The van der Waals surface area contributed by atoms with E-state index >= 15 is 0 Å². The molecule has 230 valence electrons. The predicted octanol–water partition coefficient (Wildman–Crippen LogP) is 7.75. The summed E-state index contributed by atoms with van der Waals surface area (Å²) in [5.41, 5.74) is 6.07. The van der Waals surface area contributed by atoms with Crippen molar-refractivity contribution in [3.63, 3.8) is 0 Å². The van der Waals surface area contributed by atoms with Crippen molar-refractivity contribution in [3.05, 3.63) is 58.7 Å². The Bertz CT molecular complexity index is 1460. The van der Waals surface area contributed by atoms with Gasteiger partial charge in [0.05, 0.1) is 20.3 Å². The molecule has 3 atom stereocenters. The summed E-state index contributed by atoms with van der Waals surface area (Å²) >= 11 is 0. The number of methoxy groups -OCH3 is 2. The van der Waals surface area contributed by atoms with E-state index in [0.717, 1.165) is 97.8 Å². The van der Waals surface area contributed by atoms with Crippen molar-refractivity contribution in [1.29, 1.82) is 0 Å². The molecule has 7 heteroatoms. The molecule has 3 aliphatic rings. The molecule has 43 heavy (non-hydrogen) atoms. The van der Waals surface area contributed by atoms with E-state index in [1.807, 2.05) is 24.3 Å². The summed E-state index contributed by atoms with van der Waals surface area (Å²) in [7, 11) is 3.20. The van der Waals surface area contributed by atoms with Crippen LogP contribution in [-0.4, -0.2) is 41.7 Å². The van der Waals surface area contributed by atoms with E-state index in [1.54, 1.807) is 19.2 Å². The minimum Gasteiger partial charge on any atom is -0.508 e. The fraction of sp³-hybridized carbons (Fsp3) is 0.500. The number of phenols is 2. The Morgan fingerprint density at radius 1 is 0.884 bits per heavy atom. The van der Waals surface area contributed by atoms with Crippen molar-refractivity contribution in [1.82, 2.24) is 0 Å². The third-order valence-corrected chi connectivity index (χ3v) is 9.55. The minimum absolute atomic E-state index is 0.0255. The Hall–Kier alpha value is -3.58. The monoisotopic (exact) mass is 588 g/mol. The van der Waals surface area contributed by atoms with Crippen LogP contribution in [0.2, 0.25) is 0 Å². The topological polar surface area (TPSA) is 97.6 Å². The van der Waals surface area contributed by atoms with Crippen LogP contribution in [0.15, 0.2) is 36.4 Å². The number of aliphatic hydroxyl groups excluding tert-OH is 1. The van der Waals surface area contributed by atoms with Gasteiger partial charge in [0, 0.05) is 28.7 Å². The standard InChI is InChI=1S/C36H44O7/c1-4-5-7-12-27-33-26-15-13-21-17-23(37)14-16-25(21)32(26)28(40-2)20-29(33)43-36(34(27)38)22-18-30(41-3)35(39)31(19-22)42-24-10-8-6-9-11-24/h14,16-20,24,27,34,36-39H,4-13,15H2,1-3H3/t27-,34+,36-/m0/s1. The number of aryl methyl sites for hydroxylation is 1. The van der Waals surface area contributed by atoms with E-state index in [0.29, 0.717) is 22.8 Å². The molecule has 3 N–H and O–H groups in total. The van der Waals surface area contributed by atoms with Gasteiger partial charge < -0.3 is 34.3 Å². The first kappa shape index (κ1) is 29.5. The quantitative estimate of drug-likeness (QED) is 0.220. The zero-order chi connectivity index (χ0) is 30.1. The van der Waals surface area contributed by atoms with E-state index in [4.69, 9.17) is 18.9 Å². The summed E-state index contributed by atoms with van der Waals surface area (Å²) in [6.07, 6.45) is 9.41. The van der Waals surface area contributed by atoms with Gasteiger partial charge in [-0.25, -0.2) is 0 Å². The molecule has 2 aliphatic carbocycles. The van der Waals surface area contributed by atoms with Crippen LogP contribution in [-0.2, 0) is 12.8 Å². The number of fused-ring (bicyclic) bond motifs is 5. The fourth-order valence-corrected chi connectivity index (χ4v) is 7.37. The molecule has 1 fully saturated rings. The SMILES string of the molecule is CCCCC[C@H]1c2c(cc(OC)c3c2CCc2cc(O)ccc2-3)O[C@@H](c2cc(OC)c(O)c(OC3CCCCC3)c2)[C@@H]1O. The van der Waals surface area contributed by atoms with E-state index in [-0.39, 0.29) is 23.5 Å². The Balaban J connectivity index is 1.45. The fourth-order valence-electron chi connectivity index (χ4n) is 7.37. The molecule has 0 aromatic heterocycles. The maximum atomic E-state index is 12.1. The normalized spacial score (nSPS) is 21.3. The van der Waals surface area contributed by atoms with Crippen LogP contribution in [0.1, 0.15) is 99.0 Å². The van der Waals surface area contributed by atoms with Crippen LogP contribution >= 0.6 is 0 Å². The van der Waals surface area contributed by atoms with Crippen molar-refractivity contribution in [2.45, 2.75) is 102 Å². The van der Waals surface area contributed by atoms with Gasteiger partial charge in [0.15, 0.2) is 17.6 Å². The van der Waals surface area contributed by atoms with Gasteiger partial charge in [0.25, 0.3) is 0 Å². The molecular formula is C36H44O7. The van der Waals surface area contributed by atoms with E-state index in [1.165, 1.54) is 13.5 Å². The van der Waals surface area contributed by atoms with Crippen molar-refractivity contribution >= 4 is 0 Å². The number of hydrogen-bond acceptors (Lipinski definition) is 7. The summed E-state index contributed by atoms with van der Waals surface area (Å²) in [4.78, 5) is 0. The number of phenolic OH excluding ortho intramolecular Hbond substituents is 2. The van der Waals surface area contributed by atoms with E-state index in [9.17, 15) is 15.3 Å². The maximum absolute atomic E-state index is 12.1. The molecule has 0 radical (unpaired) electrons. The third kappa shape index (κ3) is 5.60. The van der Waals surface area contributed by atoms with Gasteiger partial charge in [-0.1, -0.05) is 38.7 Å². The second kappa shape index (κ2) is 12.6. The van der Waals surface area contributed by atoms with Crippen molar-refractivity contribution in [3.8, 4) is 45.6 Å². The molecule has 7 nitrogen and oxygen atoms in total. The lowest BCUT2D eigenvalue weighted by atomic mass is 9.74. The summed E-state index contributed by atoms with van der Waals surface area (Å²) in [5, 5.41) is 33.2. The summed E-state index contributed by atoms with van der Waals surface area (Å²) in [6, 6.07) is 11.0. The summed E-state index contributed by atoms with van der Waals surface area (Å²) in [5.74, 6) is 2.19. The van der Waals surface area contributed by atoms with Gasteiger partial charge in [-0.15, -0.1) is 0 Å². The molecule has 0 amide bonds. The number of ether oxygens (including phenoxy) is 4. The summed E-state index contributed by atoms with van der Waals surface area (Å²) < 4.78 is 24.5. The van der Waals surface area contributed by atoms with Crippen molar-refractivity contribution in [2.24, 2.45) is 0 Å². The largest absolute Gasteiger partial charge is 0.508 e. The van der Waals surface area contributed by atoms with Gasteiger partial charge in [0.2, 0.25) is 5.75 Å². The first-order chi connectivity index (χ1) is 20.9. The highest BCUT2D eigenvalue weighted by Crippen LogP contribution is 2.54.